The van der Waals surface area contributed by atoms with Crippen molar-refractivity contribution in [3.05, 3.63) is 76.5 Å². The number of para-hydroxylation sites is 1. The van der Waals surface area contributed by atoms with E-state index in [0.717, 1.165) is 0 Å². The minimum absolute atomic E-state index is 0.00825. The third-order valence-corrected chi connectivity index (χ3v) is 4.42. The van der Waals surface area contributed by atoms with E-state index in [1.807, 2.05) is 6.07 Å². The Balaban J connectivity index is 1.72. The van der Waals surface area contributed by atoms with E-state index in [4.69, 9.17) is 10.5 Å². The van der Waals surface area contributed by atoms with Crippen LogP contribution in [0.1, 0.15) is 16.3 Å². The molecule has 0 saturated heterocycles. The minimum Gasteiger partial charge on any atom is -0.453 e. The Morgan fingerprint density at radius 3 is 2.39 bits per heavy atom. The molecule has 10 heteroatoms. The van der Waals surface area contributed by atoms with E-state index in [2.05, 4.69) is 20.1 Å². The van der Waals surface area contributed by atoms with Crippen LogP contribution >= 0.6 is 0 Å². The summed E-state index contributed by atoms with van der Waals surface area (Å²) >= 11 is 0. The Hall–Kier alpha value is -4.34. The van der Waals surface area contributed by atoms with Crippen molar-refractivity contribution in [2.45, 2.75) is 6.61 Å². The SMILES string of the molecule is CN(C)c1nc(N)nc(COC(=O)c2nn(-c3ccccc3)c(=O)c3ccccc23)n1. The molecule has 4 aromatic rings. The van der Waals surface area contributed by atoms with E-state index >= 15 is 0 Å². The molecule has 31 heavy (non-hydrogen) atoms. The summed E-state index contributed by atoms with van der Waals surface area (Å²) in [5.41, 5.74) is 5.92. The number of carbonyl (C=O) groups is 1. The maximum Gasteiger partial charge on any atom is 0.359 e. The molecule has 2 heterocycles. The molecule has 0 fully saturated rings. The molecule has 2 aromatic carbocycles. The number of esters is 1. The summed E-state index contributed by atoms with van der Waals surface area (Å²) < 4.78 is 6.58. The Morgan fingerprint density at radius 1 is 1.00 bits per heavy atom. The zero-order valence-electron chi connectivity index (χ0n) is 16.9. The number of anilines is 2. The molecule has 0 aliphatic rings. The lowest BCUT2D eigenvalue weighted by atomic mass is 10.1. The Labute approximate surface area is 177 Å². The number of hydrogen-bond acceptors (Lipinski definition) is 9. The molecule has 4 rings (SSSR count). The average molecular weight is 417 g/mol. The van der Waals surface area contributed by atoms with Gasteiger partial charge in [-0.15, -0.1) is 0 Å². The third-order valence-electron chi connectivity index (χ3n) is 4.42. The molecule has 0 unspecified atom stereocenters. The number of rotatable bonds is 5. The summed E-state index contributed by atoms with van der Waals surface area (Å²) in [6, 6.07) is 15.6. The number of benzene rings is 2. The van der Waals surface area contributed by atoms with Crippen molar-refractivity contribution in [1.29, 1.82) is 0 Å². The monoisotopic (exact) mass is 417 g/mol. The highest BCUT2D eigenvalue weighted by Crippen LogP contribution is 2.17. The molecular formula is C21H19N7O3. The van der Waals surface area contributed by atoms with E-state index in [1.54, 1.807) is 67.5 Å². The molecule has 0 aliphatic carbocycles. The van der Waals surface area contributed by atoms with Gasteiger partial charge in [-0.2, -0.15) is 24.7 Å². The molecule has 0 spiro atoms. The topological polar surface area (TPSA) is 129 Å². The van der Waals surface area contributed by atoms with Crippen molar-refractivity contribution < 1.29 is 9.53 Å². The van der Waals surface area contributed by atoms with Crippen LogP contribution in [0.2, 0.25) is 0 Å². The van der Waals surface area contributed by atoms with Gasteiger partial charge in [-0.05, 0) is 18.2 Å². The summed E-state index contributed by atoms with van der Waals surface area (Å²) in [6.07, 6.45) is 0. The number of fused-ring (bicyclic) bond motifs is 1. The van der Waals surface area contributed by atoms with Gasteiger partial charge >= 0.3 is 5.97 Å². The number of carbonyl (C=O) groups excluding carboxylic acids is 1. The molecular weight excluding hydrogens is 398 g/mol. The zero-order chi connectivity index (χ0) is 22.0. The van der Waals surface area contributed by atoms with Gasteiger partial charge in [0.2, 0.25) is 11.9 Å². The van der Waals surface area contributed by atoms with Gasteiger partial charge in [0.15, 0.2) is 18.1 Å². The van der Waals surface area contributed by atoms with Crippen LogP contribution in [-0.2, 0) is 11.3 Å². The van der Waals surface area contributed by atoms with Crippen molar-refractivity contribution in [3.8, 4) is 5.69 Å². The van der Waals surface area contributed by atoms with Crippen molar-refractivity contribution in [2.75, 3.05) is 24.7 Å². The highest BCUT2D eigenvalue weighted by Gasteiger charge is 2.19. The first-order valence-electron chi connectivity index (χ1n) is 9.36. The second kappa shape index (κ2) is 8.19. The third kappa shape index (κ3) is 4.04. The van der Waals surface area contributed by atoms with Crippen molar-refractivity contribution in [1.82, 2.24) is 24.7 Å². The summed E-state index contributed by atoms with van der Waals surface area (Å²) in [4.78, 5) is 39.7. The van der Waals surface area contributed by atoms with Gasteiger partial charge in [0.1, 0.15) is 0 Å². The van der Waals surface area contributed by atoms with Crippen LogP contribution in [0.5, 0.6) is 0 Å². The molecule has 156 valence electrons. The number of ether oxygens (including phenoxy) is 1. The molecule has 0 atom stereocenters. The zero-order valence-corrected chi connectivity index (χ0v) is 16.9. The lowest BCUT2D eigenvalue weighted by Crippen LogP contribution is -2.25. The van der Waals surface area contributed by atoms with E-state index in [0.29, 0.717) is 22.4 Å². The van der Waals surface area contributed by atoms with Crippen LogP contribution in [0.15, 0.2) is 59.4 Å². The first kappa shape index (κ1) is 20.0. The molecule has 10 nitrogen and oxygen atoms in total. The lowest BCUT2D eigenvalue weighted by molar-refractivity contribution is 0.0455. The number of nitrogen functional groups attached to an aromatic ring is 1. The highest BCUT2D eigenvalue weighted by atomic mass is 16.5. The predicted molar refractivity (Wildman–Crippen MR) is 115 cm³/mol. The molecule has 0 radical (unpaired) electrons. The van der Waals surface area contributed by atoms with Crippen LogP contribution in [0.3, 0.4) is 0 Å². The molecule has 0 saturated carbocycles. The fourth-order valence-corrected chi connectivity index (χ4v) is 2.97. The molecule has 0 amide bonds. The summed E-state index contributed by atoms with van der Waals surface area (Å²) in [6.45, 7) is -0.229. The van der Waals surface area contributed by atoms with Crippen LogP contribution in [0, 0.1) is 0 Å². The van der Waals surface area contributed by atoms with E-state index in [9.17, 15) is 9.59 Å². The Kier molecular flexibility index (Phi) is 5.27. The van der Waals surface area contributed by atoms with E-state index < -0.39 is 5.97 Å². The van der Waals surface area contributed by atoms with E-state index in [-0.39, 0.29) is 29.6 Å². The smallest absolute Gasteiger partial charge is 0.359 e. The number of aromatic nitrogens is 5. The van der Waals surface area contributed by atoms with Crippen LogP contribution in [0.25, 0.3) is 16.5 Å². The van der Waals surface area contributed by atoms with Crippen molar-refractivity contribution >= 4 is 28.6 Å². The fourth-order valence-electron chi connectivity index (χ4n) is 2.97. The first-order chi connectivity index (χ1) is 14.9. The number of nitrogens with zero attached hydrogens (tertiary/aromatic N) is 6. The molecule has 2 aromatic heterocycles. The summed E-state index contributed by atoms with van der Waals surface area (Å²) in [5.74, 6) is -0.151. The lowest BCUT2D eigenvalue weighted by Gasteiger charge is -2.12. The average Bonchev–Trinajstić information content (AvgIpc) is 2.78. The second-order valence-electron chi connectivity index (χ2n) is 6.83. The Bertz CT molecular complexity index is 1320. The maximum atomic E-state index is 12.9. The van der Waals surface area contributed by atoms with Gasteiger partial charge in [0, 0.05) is 19.5 Å². The molecule has 0 bridgehead atoms. The quantitative estimate of drug-likeness (QED) is 0.481. The standard InChI is InChI=1S/C21H19N7O3/c1-27(2)21-24-16(23-20(22)25-21)12-31-19(30)17-14-10-6-7-11-15(14)18(29)28(26-17)13-8-4-3-5-9-13/h3-11H,12H2,1-2H3,(H2,22,23,24,25). The van der Waals surface area contributed by atoms with Crippen molar-refractivity contribution in [3.63, 3.8) is 0 Å². The number of nitrogens with two attached hydrogens (primary N) is 1. The number of hydrogen-bond donors (Lipinski definition) is 1. The van der Waals surface area contributed by atoms with Gasteiger partial charge in [-0.1, -0.05) is 36.4 Å². The van der Waals surface area contributed by atoms with Crippen LogP contribution in [-0.4, -0.2) is 44.8 Å². The van der Waals surface area contributed by atoms with Crippen LogP contribution < -0.4 is 16.2 Å². The van der Waals surface area contributed by atoms with Crippen molar-refractivity contribution in [2.24, 2.45) is 0 Å². The predicted octanol–water partition coefficient (Wildman–Crippen LogP) is 1.58. The van der Waals surface area contributed by atoms with Gasteiger partial charge < -0.3 is 15.4 Å². The Morgan fingerprint density at radius 2 is 1.68 bits per heavy atom. The largest absolute Gasteiger partial charge is 0.453 e. The van der Waals surface area contributed by atoms with Gasteiger partial charge in [0.25, 0.3) is 5.56 Å². The summed E-state index contributed by atoms with van der Waals surface area (Å²) in [7, 11) is 3.51. The van der Waals surface area contributed by atoms with Crippen LogP contribution in [0.4, 0.5) is 11.9 Å². The molecule has 0 aliphatic heterocycles. The highest BCUT2D eigenvalue weighted by molar-refractivity contribution is 6.02. The van der Waals surface area contributed by atoms with E-state index in [1.165, 1.54) is 4.68 Å². The fraction of sp³-hybridized carbons (Fsp3) is 0.143. The van der Waals surface area contributed by atoms with Gasteiger partial charge in [0.05, 0.1) is 11.1 Å². The minimum atomic E-state index is -0.716. The maximum absolute atomic E-state index is 12.9. The molecule has 2 N–H and O–H groups in total. The summed E-state index contributed by atoms with van der Waals surface area (Å²) in [5, 5.41) is 5.04. The second-order valence-corrected chi connectivity index (χ2v) is 6.83. The van der Waals surface area contributed by atoms with Gasteiger partial charge in [-0.25, -0.2) is 4.79 Å². The van der Waals surface area contributed by atoms with Gasteiger partial charge in [-0.3, -0.25) is 4.79 Å². The normalized spacial score (nSPS) is 10.8. The first-order valence-corrected chi connectivity index (χ1v) is 9.36.